The summed E-state index contributed by atoms with van der Waals surface area (Å²) in [5.74, 6) is 0.399. The lowest BCUT2D eigenvalue weighted by Gasteiger charge is -2.30. The highest BCUT2D eigenvalue weighted by atomic mass is 16.6. The van der Waals surface area contributed by atoms with E-state index in [4.69, 9.17) is 18.9 Å². The lowest BCUT2D eigenvalue weighted by molar-refractivity contribution is 0.0319. The Balaban J connectivity index is 1.30. The van der Waals surface area contributed by atoms with Crippen LogP contribution in [-0.2, 0) is 25.4 Å². The normalized spacial score (nSPS) is 22.6. The molecule has 0 bridgehead atoms. The first-order valence-electron chi connectivity index (χ1n) is 14.2. The van der Waals surface area contributed by atoms with E-state index in [9.17, 15) is 10.0 Å². The van der Waals surface area contributed by atoms with Crippen LogP contribution in [0.25, 0.3) is 0 Å². The minimum absolute atomic E-state index is 0.196. The molecule has 1 N–H and O–H groups in total. The van der Waals surface area contributed by atoms with E-state index >= 15 is 0 Å². The van der Waals surface area contributed by atoms with E-state index in [0.717, 1.165) is 50.5 Å². The summed E-state index contributed by atoms with van der Waals surface area (Å²) in [6.45, 7) is 12.7. The number of aliphatic hydroxyl groups is 1. The number of benzene rings is 1. The van der Waals surface area contributed by atoms with E-state index in [1.54, 1.807) is 12.2 Å². The van der Waals surface area contributed by atoms with Crippen molar-refractivity contribution in [3.05, 3.63) is 84.0 Å². The summed E-state index contributed by atoms with van der Waals surface area (Å²) in [5, 5.41) is 13.7. The largest absolute Gasteiger partial charge is 0.389 e. The standard InChI is InChI=1S/C31H43N3O6/c1-3-13-37-20-26(32-36)16-33(18-30-22-39-30)27-9-5-24(6-10-27)15-25-7-11-28(12-8-25)34(19-31-23-40-31)17-29(35)21-38-14-4-2/h3-7,9-12,25-26,29-31,35H,1-2,8,13-23H2. The first kappa shape index (κ1) is 30.1. The summed E-state index contributed by atoms with van der Waals surface area (Å²) in [5.41, 5.74) is 3.43. The van der Waals surface area contributed by atoms with Crippen LogP contribution in [-0.4, -0.2) is 100 Å². The van der Waals surface area contributed by atoms with Crippen molar-refractivity contribution in [1.29, 1.82) is 0 Å². The van der Waals surface area contributed by atoms with Crippen molar-refractivity contribution in [3.63, 3.8) is 0 Å². The van der Waals surface area contributed by atoms with Crippen molar-refractivity contribution in [2.24, 2.45) is 11.1 Å². The molecule has 40 heavy (non-hydrogen) atoms. The van der Waals surface area contributed by atoms with Gasteiger partial charge in [0.25, 0.3) is 0 Å². The summed E-state index contributed by atoms with van der Waals surface area (Å²) in [6, 6.07) is 8.10. The summed E-state index contributed by atoms with van der Waals surface area (Å²) in [6.07, 6.45) is 11.8. The minimum Gasteiger partial charge on any atom is -0.389 e. The highest BCUT2D eigenvalue weighted by molar-refractivity contribution is 5.48. The molecule has 1 aromatic rings. The van der Waals surface area contributed by atoms with Crippen molar-refractivity contribution in [2.75, 3.05) is 70.7 Å². The zero-order chi connectivity index (χ0) is 28.2. The van der Waals surface area contributed by atoms with Crippen LogP contribution in [0.4, 0.5) is 5.69 Å². The lowest BCUT2D eigenvalue weighted by atomic mass is 9.92. The minimum atomic E-state index is -0.576. The van der Waals surface area contributed by atoms with Gasteiger partial charge in [-0.3, -0.25) is 0 Å². The summed E-state index contributed by atoms with van der Waals surface area (Å²) >= 11 is 0. The number of nitroso groups, excluding NO2 is 1. The van der Waals surface area contributed by atoms with E-state index in [1.807, 2.05) is 0 Å². The maximum atomic E-state index is 11.4. The van der Waals surface area contributed by atoms with Gasteiger partial charge in [-0.05, 0) is 42.5 Å². The van der Waals surface area contributed by atoms with Crippen molar-refractivity contribution in [3.8, 4) is 0 Å². The Morgan fingerprint density at radius 3 is 2.23 bits per heavy atom. The van der Waals surface area contributed by atoms with Crippen LogP contribution in [0.2, 0.25) is 0 Å². The van der Waals surface area contributed by atoms with Crippen LogP contribution in [0.3, 0.4) is 0 Å². The molecule has 2 fully saturated rings. The highest BCUT2D eigenvalue weighted by Gasteiger charge is 2.29. The van der Waals surface area contributed by atoms with Gasteiger partial charge in [0.1, 0.15) is 6.04 Å². The molecule has 2 saturated heterocycles. The molecule has 0 amide bonds. The summed E-state index contributed by atoms with van der Waals surface area (Å²) in [4.78, 5) is 15.8. The number of epoxide rings is 2. The number of hydrogen-bond donors (Lipinski definition) is 1. The molecule has 3 aliphatic rings. The third-order valence-electron chi connectivity index (χ3n) is 7.09. The van der Waals surface area contributed by atoms with Crippen molar-refractivity contribution < 1.29 is 24.1 Å². The van der Waals surface area contributed by atoms with E-state index in [2.05, 4.69) is 70.6 Å². The fraction of sp³-hybridized carbons (Fsp3) is 0.548. The Labute approximate surface area is 237 Å². The maximum Gasteiger partial charge on any atom is 0.133 e. The van der Waals surface area contributed by atoms with Crippen LogP contribution in [0.1, 0.15) is 12.0 Å². The van der Waals surface area contributed by atoms with Gasteiger partial charge in [-0.2, -0.15) is 4.91 Å². The monoisotopic (exact) mass is 553 g/mol. The Morgan fingerprint density at radius 2 is 1.65 bits per heavy atom. The molecule has 9 nitrogen and oxygen atoms in total. The average Bonchev–Trinajstić information content (AvgIpc) is 3.90. The van der Waals surface area contributed by atoms with Crippen molar-refractivity contribution in [2.45, 2.75) is 37.2 Å². The van der Waals surface area contributed by atoms with Gasteiger partial charge in [0.2, 0.25) is 0 Å². The van der Waals surface area contributed by atoms with Crippen molar-refractivity contribution >= 4 is 5.69 Å². The van der Waals surface area contributed by atoms with Gasteiger partial charge in [-0.25, -0.2) is 0 Å². The quantitative estimate of drug-likeness (QED) is 0.107. The highest BCUT2D eigenvalue weighted by Crippen LogP contribution is 2.26. The molecule has 0 saturated carbocycles. The number of ether oxygens (including phenoxy) is 4. The number of hydrogen-bond acceptors (Lipinski definition) is 9. The number of nitrogens with zero attached hydrogens (tertiary/aromatic N) is 3. The Hall–Kier alpha value is -2.82. The van der Waals surface area contributed by atoms with Gasteiger partial charge in [0, 0.05) is 37.6 Å². The molecule has 1 aromatic carbocycles. The van der Waals surface area contributed by atoms with Crippen LogP contribution < -0.4 is 4.90 Å². The Kier molecular flexibility index (Phi) is 11.9. The molecule has 5 atom stereocenters. The summed E-state index contributed by atoms with van der Waals surface area (Å²) in [7, 11) is 0. The van der Waals surface area contributed by atoms with Crippen LogP contribution in [0, 0.1) is 10.8 Å². The fourth-order valence-electron chi connectivity index (χ4n) is 4.85. The van der Waals surface area contributed by atoms with E-state index in [-0.39, 0.29) is 25.4 Å². The van der Waals surface area contributed by atoms with Crippen molar-refractivity contribution in [1.82, 2.24) is 4.90 Å². The molecule has 0 aromatic heterocycles. The molecule has 5 unspecified atom stereocenters. The zero-order valence-electron chi connectivity index (χ0n) is 23.3. The number of allylic oxidation sites excluding steroid dienone is 3. The second-order valence-electron chi connectivity index (χ2n) is 10.6. The molecule has 4 rings (SSSR count). The van der Waals surface area contributed by atoms with Gasteiger partial charge >= 0.3 is 0 Å². The summed E-state index contributed by atoms with van der Waals surface area (Å²) < 4.78 is 21.8. The molecule has 2 heterocycles. The lowest BCUT2D eigenvalue weighted by Crippen LogP contribution is -2.37. The molecule has 218 valence electrons. The molecule has 0 spiro atoms. The average molecular weight is 554 g/mol. The maximum absolute atomic E-state index is 11.4. The van der Waals surface area contributed by atoms with Gasteiger partial charge < -0.3 is 33.9 Å². The smallest absolute Gasteiger partial charge is 0.133 e. The number of rotatable bonds is 21. The zero-order valence-corrected chi connectivity index (χ0v) is 23.3. The Morgan fingerprint density at radius 1 is 1.00 bits per heavy atom. The molecular weight excluding hydrogens is 510 g/mol. The molecule has 1 aliphatic carbocycles. The third-order valence-corrected chi connectivity index (χ3v) is 7.09. The fourth-order valence-corrected chi connectivity index (χ4v) is 4.85. The van der Waals surface area contributed by atoms with Gasteiger partial charge in [0.05, 0.1) is 58.0 Å². The predicted octanol–water partition coefficient (Wildman–Crippen LogP) is 3.50. The van der Waals surface area contributed by atoms with Crippen LogP contribution in [0.5, 0.6) is 0 Å². The van der Waals surface area contributed by atoms with E-state index in [0.29, 0.717) is 32.2 Å². The molecule has 0 radical (unpaired) electrons. The predicted molar refractivity (Wildman–Crippen MR) is 156 cm³/mol. The second kappa shape index (κ2) is 15.8. The van der Waals surface area contributed by atoms with E-state index < -0.39 is 12.1 Å². The van der Waals surface area contributed by atoms with Gasteiger partial charge in [-0.1, -0.05) is 41.6 Å². The van der Waals surface area contributed by atoms with E-state index in [1.165, 1.54) is 5.56 Å². The molecule has 2 aliphatic heterocycles. The van der Waals surface area contributed by atoms with Gasteiger partial charge in [0.15, 0.2) is 0 Å². The first-order chi connectivity index (χ1) is 19.6. The van der Waals surface area contributed by atoms with Crippen LogP contribution in [0.15, 0.2) is 78.7 Å². The number of aliphatic hydroxyl groups excluding tert-OH is 1. The molecule has 9 heteroatoms. The molecular formula is C31H43N3O6. The van der Waals surface area contributed by atoms with Crippen LogP contribution >= 0.6 is 0 Å². The van der Waals surface area contributed by atoms with Gasteiger partial charge in [-0.15, -0.1) is 13.2 Å². The second-order valence-corrected chi connectivity index (χ2v) is 10.6. The topological polar surface area (TPSA) is 99.7 Å². The Bertz CT molecular complexity index is 1000. The first-order valence-corrected chi connectivity index (χ1v) is 14.2. The number of anilines is 1. The third kappa shape index (κ3) is 10.3. The SMILES string of the molecule is C=CCOCC(O)CN(CC1CO1)C1=CCC(Cc2ccc(N(CC(COCC=C)N=O)CC3CO3)cc2)C=C1.